The van der Waals surface area contributed by atoms with Crippen molar-refractivity contribution >= 4 is 33.8 Å². The Morgan fingerprint density at radius 2 is 1.91 bits per heavy atom. The smallest absolute Gasteiger partial charge is 0.336 e. The summed E-state index contributed by atoms with van der Waals surface area (Å²) in [4.78, 5) is 16.1. The second kappa shape index (κ2) is 5.17. The summed E-state index contributed by atoms with van der Waals surface area (Å²) in [6.07, 6.45) is 4.70. The van der Waals surface area contributed by atoms with E-state index in [1.165, 1.54) is 19.4 Å². The van der Waals surface area contributed by atoms with Crippen molar-refractivity contribution in [2.24, 2.45) is 4.99 Å². The molecule has 114 valence electrons. The van der Waals surface area contributed by atoms with Gasteiger partial charge in [0.1, 0.15) is 5.76 Å². The Morgan fingerprint density at radius 3 is 2.70 bits per heavy atom. The van der Waals surface area contributed by atoms with Crippen molar-refractivity contribution in [1.29, 1.82) is 0 Å². The number of nitrogens with zero attached hydrogens (tertiary/aromatic N) is 1. The Bertz CT molecular complexity index is 1070. The van der Waals surface area contributed by atoms with Gasteiger partial charge in [0, 0.05) is 11.5 Å². The van der Waals surface area contributed by atoms with Gasteiger partial charge in [-0.15, -0.1) is 0 Å². The van der Waals surface area contributed by atoms with Crippen LogP contribution in [-0.2, 0) is 0 Å². The maximum atomic E-state index is 11.6. The molecule has 0 atom stereocenters. The maximum absolute atomic E-state index is 11.6. The van der Waals surface area contributed by atoms with E-state index < -0.39 is 5.63 Å². The first-order valence-electron chi connectivity index (χ1n) is 6.86. The zero-order chi connectivity index (χ0) is 15.8. The number of ether oxygens (including phenoxy) is 1. The van der Waals surface area contributed by atoms with Gasteiger partial charge in [-0.1, -0.05) is 0 Å². The Balaban J connectivity index is 2.08. The Hall–Kier alpha value is -3.28. The van der Waals surface area contributed by atoms with Crippen LogP contribution in [0.5, 0.6) is 5.75 Å². The van der Waals surface area contributed by atoms with Gasteiger partial charge in [0.05, 0.1) is 36.9 Å². The second-order valence-corrected chi connectivity index (χ2v) is 4.82. The molecule has 0 saturated heterocycles. The van der Waals surface area contributed by atoms with E-state index in [-0.39, 0.29) is 0 Å². The average Bonchev–Trinajstić information content (AvgIpc) is 3.22. The zero-order valence-electron chi connectivity index (χ0n) is 12.1. The van der Waals surface area contributed by atoms with E-state index in [0.717, 1.165) is 5.39 Å². The van der Waals surface area contributed by atoms with Crippen LogP contribution in [0.2, 0.25) is 0 Å². The van der Waals surface area contributed by atoms with Gasteiger partial charge >= 0.3 is 5.63 Å². The predicted octanol–water partition coefficient (Wildman–Crippen LogP) is 3.89. The van der Waals surface area contributed by atoms with Gasteiger partial charge in [-0.25, -0.2) is 4.79 Å². The molecule has 0 aliphatic carbocycles. The third kappa shape index (κ3) is 2.12. The number of methoxy groups -OCH3 is 1. The van der Waals surface area contributed by atoms with Crippen molar-refractivity contribution < 1.29 is 18.0 Å². The van der Waals surface area contributed by atoms with Crippen LogP contribution < -0.4 is 10.4 Å². The number of hydrogen-bond acceptors (Lipinski definition) is 6. The molecule has 0 N–H and O–H groups in total. The van der Waals surface area contributed by atoms with Crippen LogP contribution in [0.4, 0.5) is 5.69 Å². The normalized spacial score (nSPS) is 11.7. The number of benzene rings is 1. The number of hydrogen-bond donors (Lipinski definition) is 0. The van der Waals surface area contributed by atoms with Crippen molar-refractivity contribution in [2.75, 3.05) is 7.11 Å². The molecule has 0 spiro atoms. The highest BCUT2D eigenvalue weighted by Crippen LogP contribution is 2.42. The Labute approximate surface area is 129 Å². The van der Waals surface area contributed by atoms with Gasteiger partial charge < -0.3 is 18.0 Å². The molecular formula is C17H11NO5. The Kier molecular flexibility index (Phi) is 3.01. The number of fused-ring (bicyclic) bond motifs is 2. The molecule has 0 aliphatic heterocycles. The zero-order valence-corrected chi connectivity index (χ0v) is 12.1. The number of furan rings is 2. The van der Waals surface area contributed by atoms with Gasteiger partial charge in [0.2, 0.25) is 5.75 Å². The summed E-state index contributed by atoms with van der Waals surface area (Å²) in [6.45, 7) is 0. The van der Waals surface area contributed by atoms with E-state index in [9.17, 15) is 4.79 Å². The van der Waals surface area contributed by atoms with E-state index in [2.05, 4.69) is 4.99 Å². The Morgan fingerprint density at radius 1 is 1.04 bits per heavy atom. The minimum absolute atomic E-state index is 0.300. The summed E-state index contributed by atoms with van der Waals surface area (Å²) >= 11 is 0. The fourth-order valence-electron chi connectivity index (χ4n) is 2.51. The van der Waals surface area contributed by atoms with Gasteiger partial charge in [-0.05, 0) is 24.3 Å². The third-order valence-corrected chi connectivity index (χ3v) is 3.49. The average molecular weight is 309 g/mol. The van der Waals surface area contributed by atoms with Crippen LogP contribution in [0.1, 0.15) is 5.76 Å². The van der Waals surface area contributed by atoms with Crippen LogP contribution in [0.25, 0.3) is 21.9 Å². The molecule has 0 aliphatic rings. The first kappa shape index (κ1) is 13.4. The first-order chi connectivity index (χ1) is 11.3. The van der Waals surface area contributed by atoms with Crippen LogP contribution in [0.15, 0.2) is 65.9 Å². The summed E-state index contributed by atoms with van der Waals surface area (Å²) in [6, 6.07) is 8.36. The van der Waals surface area contributed by atoms with E-state index in [0.29, 0.717) is 33.7 Å². The van der Waals surface area contributed by atoms with Crippen LogP contribution in [0.3, 0.4) is 0 Å². The van der Waals surface area contributed by atoms with Crippen molar-refractivity contribution in [3.63, 3.8) is 0 Å². The van der Waals surface area contributed by atoms with Crippen molar-refractivity contribution in [3.05, 3.63) is 59.0 Å². The fraction of sp³-hybridized carbons (Fsp3) is 0.0588. The second-order valence-electron chi connectivity index (χ2n) is 4.82. The first-order valence-corrected chi connectivity index (χ1v) is 6.86. The minimum atomic E-state index is -0.470. The molecule has 0 amide bonds. The quantitative estimate of drug-likeness (QED) is 0.424. The summed E-state index contributed by atoms with van der Waals surface area (Å²) in [5.74, 6) is 0.984. The molecule has 4 aromatic rings. The van der Waals surface area contributed by atoms with Gasteiger partial charge in [-0.3, -0.25) is 4.99 Å². The molecule has 0 radical (unpaired) electrons. The fourth-order valence-corrected chi connectivity index (χ4v) is 2.51. The number of aliphatic imine (C=N–C) groups is 1. The van der Waals surface area contributed by atoms with Crippen molar-refractivity contribution in [1.82, 2.24) is 0 Å². The molecule has 6 nitrogen and oxygen atoms in total. The predicted molar refractivity (Wildman–Crippen MR) is 84.8 cm³/mol. The molecule has 6 heteroatoms. The van der Waals surface area contributed by atoms with E-state index >= 15 is 0 Å². The van der Waals surface area contributed by atoms with Crippen molar-refractivity contribution in [2.45, 2.75) is 0 Å². The lowest BCUT2D eigenvalue weighted by Crippen LogP contribution is -1.97. The van der Waals surface area contributed by atoms with Crippen LogP contribution in [-0.4, -0.2) is 13.3 Å². The van der Waals surface area contributed by atoms with Crippen LogP contribution in [0, 0.1) is 0 Å². The molecule has 0 saturated carbocycles. The van der Waals surface area contributed by atoms with Gasteiger partial charge in [0.15, 0.2) is 11.2 Å². The lowest BCUT2D eigenvalue weighted by molar-refractivity contribution is 0.403. The summed E-state index contributed by atoms with van der Waals surface area (Å²) in [7, 11) is 1.50. The largest absolute Gasteiger partial charge is 0.490 e. The summed E-state index contributed by atoms with van der Waals surface area (Å²) in [5.41, 5.74) is 0.919. The molecule has 23 heavy (non-hydrogen) atoms. The SMILES string of the molecule is COc1c2occc2c(N=Cc2ccco2)c2ccc(=O)oc12. The standard InChI is InChI=1S/C17H11NO5/c1-20-17-15-12(6-8-22-15)14(18-9-10-3-2-7-21-10)11-4-5-13(19)23-16(11)17/h2-9H,1H3. The van der Waals surface area contributed by atoms with E-state index in [4.69, 9.17) is 18.0 Å². The number of rotatable bonds is 3. The van der Waals surface area contributed by atoms with E-state index in [1.54, 1.807) is 36.7 Å². The molecule has 1 aromatic carbocycles. The molecule has 3 heterocycles. The van der Waals surface area contributed by atoms with Crippen molar-refractivity contribution in [3.8, 4) is 5.75 Å². The molecular weight excluding hydrogens is 298 g/mol. The lowest BCUT2D eigenvalue weighted by Gasteiger charge is -2.07. The third-order valence-electron chi connectivity index (χ3n) is 3.49. The summed E-state index contributed by atoms with van der Waals surface area (Å²) < 4.78 is 21.4. The molecule has 3 aromatic heterocycles. The molecule has 4 rings (SSSR count). The highest BCUT2D eigenvalue weighted by atomic mass is 16.5. The highest BCUT2D eigenvalue weighted by molar-refractivity contribution is 6.11. The van der Waals surface area contributed by atoms with Crippen LogP contribution >= 0.6 is 0 Å². The monoisotopic (exact) mass is 309 g/mol. The minimum Gasteiger partial charge on any atom is -0.490 e. The maximum Gasteiger partial charge on any atom is 0.336 e. The molecule has 0 unspecified atom stereocenters. The summed E-state index contributed by atoms with van der Waals surface area (Å²) in [5, 5.41) is 1.41. The topological polar surface area (TPSA) is 78.1 Å². The highest BCUT2D eigenvalue weighted by Gasteiger charge is 2.19. The lowest BCUT2D eigenvalue weighted by atomic mass is 10.1. The van der Waals surface area contributed by atoms with Gasteiger partial charge in [-0.2, -0.15) is 0 Å². The van der Waals surface area contributed by atoms with E-state index in [1.807, 2.05) is 0 Å². The van der Waals surface area contributed by atoms with Gasteiger partial charge in [0.25, 0.3) is 0 Å². The molecule has 0 fully saturated rings. The molecule has 0 bridgehead atoms.